The van der Waals surface area contributed by atoms with E-state index < -0.39 is 12.0 Å². The minimum atomic E-state index is -1.10. The summed E-state index contributed by atoms with van der Waals surface area (Å²) >= 11 is 1.23. The van der Waals surface area contributed by atoms with Crippen LogP contribution < -0.4 is 5.32 Å². The van der Waals surface area contributed by atoms with Crippen LogP contribution in [0.25, 0.3) is 0 Å². The highest BCUT2D eigenvalue weighted by Gasteiger charge is 2.22. The lowest BCUT2D eigenvalue weighted by Crippen LogP contribution is -2.40. The van der Waals surface area contributed by atoms with Gasteiger partial charge in [-0.1, -0.05) is 0 Å². The zero-order chi connectivity index (χ0) is 14.1. The SMILES string of the molecule is CCN(CC)C(=O)C(C)SCC(NC=O)C(=O)O. The van der Waals surface area contributed by atoms with Crippen LogP contribution in [0.1, 0.15) is 20.8 Å². The van der Waals surface area contributed by atoms with Gasteiger partial charge >= 0.3 is 5.97 Å². The second-order valence-electron chi connectivity index (χ2n) is 3.66. The minimum Gasteiger partial charge on any atom is -0.480 e. The number of carboxylic acid groups (broad SMARTS) is 1. The van der Waals surface area contributed by atoms with E-state index in [-0.39, 0.29) is 16.9 Å². The van der Waals surface area contributed by atoms with Gasteiger partial charge in [0.1, 0.15) is 6.04 Å². The summed E-state index contributed by atoms with van der Waals surface area (Å²) in [6.45, 7) is 6.80. The number of rotatable bonds is 9. The third-order valence-corrected chi connectivity index (χ3v) is 3.73. The van der Waals surface area contributed by atoms with Gasteiger partial charge in [-0.05, 0) is 20.8 Å². The molecule has 0 fully saturated rings. The molecule has 0 rings (SSSR count). The zero-order valence-corrected chi connectivity index (χ0v) is 11.7. The van der Waals surface area contributed by atoms with Crippen molar-refractivity contribution >= 4 is 30.0 Å². The molecule has 0 aliphatic carbocycles. The van der Waals surface area contributed by atoms with E-state index in [1.807, 2.05) is 13.8 Å². The monoisotopic (exact) mass is 276 g/mol. The number of carboxylic acids is 1. The number of hydrogen-bond donors (Lipinski definition) is 2. The first-order valence-corrected chi connectivity index (χ1v) is 6.85. The molecule has 0 aliphatic heterocycles. The number of hydrogen-bond acceptors (Lipinski definition) is 4. The lowest BCUT2D eigenvalue weighted by Gasteiger charge is -2.23. The first kappa shape index (κ1) is 16.8. The van der Waals surface area contributed by atoms with Crippen molar-refractivity contribution in [3.63, 3.8) is 0 Å². The predicted molar refractivity (Wildman–Crippen MR) is 70.5 cm³/mol. The number of carbonyl (C=O) groups is 3. The van der Waals surface area contributed by atoms with Gasteiger partial charge in [-0.3, -0.25) is 9.59 Å². The van der Waals surface area contributed by atoms with Crippen LogP contribution in [0.15, 0.2) is 0 Å². The number of carbonyl (C=O) groups excluding carboxylic acids is 2. The molecule has 2 amide bonds. The highest BCUT2D eigenvalue weighted by atomic mass is 32.2. The average molecular weight is 276 g/mol. The predicted octanol–water partition coefficient (Wildman–Crippen LogP) is 0.176. The van der Waals surface area contributed by atoms with Crippen LogP contribution in [-0.4, -0.2) is 58.4 Å². The van der Waals surface area contributed by atoms with Crippen molar-refractivity contribution in [1.29, 1.82) is 0 Å². The largest absolute Gasteiger partial charge is 0.480 e. The van der Waals surface area contributed by atoms with Crippen LogP contribution in [0.3, 0.4) is 0 Å². The zero-order valence-electron chi connectivity index (χ0n) is 10.9. The van der Waals surface area contributed by atoms with Crippen molar-refractivity contribution in [2.24, 2.45) is 0 Å². The first-order valence-electron chi connectivity index (χ1n) is 5.80. The molecule has 0 heterocycles. The normalized spacial score (nSPS) is 13.5. The molecule has 0 bridgehead atoms. The van der Waals surface area contributed by atoms with Gasteiger partial charge in [0.05, 0.1) is 5.25 Å². The van der Waals surface area contributed by atoms with E-state index in [0.717, 1.165) is 0 Å². The molecule has 2 atom stereocenters. The van der Waals surface area contributed by atoms with E-state index in [9.17, 15) is 14.4 Å². The van der Waals surface area contributed by atoms with Crippen molar-refractivity contribution in [3.05, 3.63) is 0 Å². The smallest absolute Gasteiger partial charge is 0.327 e. The van der Waals surface area contributed by atoms with E-state index in [2.05, 4.69) is 5.32 Å². The van der Waals surface area contributed by atoms with E-state index >= 15 is 0 Å². The summed E-state index contributed by atoms with van der Waals surface area (Å²) in [4.78, 5) is 34.6. The fraction of sp³-hybridized carbons (Fsp3) is 0.727. The Balaban J connectivity index is 4.30. The quantitative estimate of drug-likeness (QED) is 0.586. The molecule has 6 nitrogen and oxygen atoms in total. The molecular formula is C11H20N2O4S. The molecule has 0 aromatic heterocycles. The molecule has 0 saturated carbocycles. The number of amides is 2. The highest BCUT2D eigenvalue weighted by molar-refractivity contribution is 8.00. The van der Waals surface area contributed by atoms with Crippen LogP contribution in [0.5, 0.6) is 0 Å². The molecule has 0 aromatic carbocycles. The maximum absolute atomic E-state index is 11.9. The summed E-state index contributed by atoms with van der Waals surface area (Å²) in [5.41, 5.74) is 0. The molecule has 18 heavy (non-hydrogen) atoms. The standard InChI is InChI=1S/C11H20N2O4S/c1-4-13(5-2)10(15)8(3)18-6-9(11(16)17)12-7-14/h7-9H,4-6H2,1-3H3,(H,12,14)(H,16,17). The van der Waals surface area contributed by atoms with Crippen molar-refractivity contribution in [1.82, 2.24) is 10.2 Å². The maximum Gasteiger partial charge on any atom is 0.327 e. The Kier molecular flexibility index (Phi) is 8.19. The van der Waals surface area contributed by atoms with Crippen LogP contribution in [0.4, 0.5) is 0 Å². The van der Waals surface area contributed by atoms with Crippen LogP contribution >= 0.6 is 11.8 Å². The molecule has 2 N–H and O–H groups in total. The Morgan fingerprint density at radius 1 is 1.39 bits per heavy atom. The number of aliphatic carboxylic acids is 1. The van der Waals surface area contributed by atoms with E-state index in [4.69, 9.17) is 5.11 Å². The first-order chi connectivity index (χ1) is 8.47. The van der Waals surface area contributed by atoms with Crippen LogP contribution in [-0.2, 0) is 14.4 Å². The Morgan fingerprint density at radius 3 is 2.33 bits per heavy atom. The summed E-state index contributed by atoms with van der Waals surface area (Å²) in [5.74, 6) is -0.945. The summed E-state index contributed by atoms with van der Waals surface area (Å²) < 4.78 is 0. The van der Waals surface area contributed by atoms with E-state index in [1.165, 1.54) is 11.8 Å². The third-order valence-electron chi connectivity index (χ3n) is 2.50. The van der Waals surface area contributed by atoms with Crippen molar-refractivity contribution in [2.45, 2.75) is 32.1 Å². The van der Waals surface area contributed by atoms with Gasteiger partial charge in [0.15, 0.2) is 0 Å². The fourth-order valence-corrected chi connectivity index (χ4v) is 2.39. The Bertz CT molecular complexity index is 295. The minimum absolute atomic E-state index is 0.0137. The fourth-order valence-electron chi connectivity index (χ4n) is 1.38. The summed E-state index contributed by atoms with van der Waals surface area (Å²) in [6.07, 6.45) is 0.357. The Hall–Kier alpha value is -1.24. The van der Waals surface area contributed by atoms with Gasteiger partial charge in [-0.25, -0.2) is 4.79 Å². The molecule has 2 unspecified atom stereocenters. The van der Waals surface area contributed by atoms with Gasteiger partial charge in [-0.2, -0.15) is 0 Å². The molecule has 0 saturated heterocycles. The summed E-state index contributed by atoms with van der Waals surface area (Å²) in [6, 6.07) is -0.959. The second kappa shape index (κ2) is 8.79. The average Bonchev–Trinajstić information content (AvgIpc) is 2.34. The Morgan fingerprint density at radius 2 is 1.94 bits per heavy atom. The van der Waals surface area contributed by atoms with Crippen molar-refractivity contribution in [2.75, 3.05) is 18.8 Å². The van der Waals surface area contributed by atoms with Gasteiger partial charge < -0.3 is 15.3 Å². The molecule has 0 spiro atoms. The van der Waals surface area contributed by atoms with Crippen molar-refractivity contribution < 1.29 is 19.5 Å². The molecule has 0 radical (unpaired) electrons. The van der Waals surface area contributed by atoms with Crippen molar-refractivity contribution in [3.8, 4) is 0 Å². The molecule has 0 aromatic rings. The number of nitrogens with zero attached hydrogens (tertiary/aromatic N) is 1. The highest BCUT2D eigenvalue weighted by Crippen LogP contribution is 2.14. The molecule has 0 aliphatic rings. The Labute approximate surface area is 111 Å². The van der Waals surface area contributed by atoms with Gasteiger partial charge in [0, 0.05) is 18.8 Å². The second-order valence-corrected chi connectivity index (χ2v) is 5.04. The maximum atomic E-state index is 11.9. The van der Waals surface area contributed by atoms with E-state index in [0.29, 0.717) is 19.5 Å². The number of thioether (sulfide) groups is 1. The summed E-state index contributed by atoms with van der Waals surface area (Å²) in [7, 11) is 0. The lowest BCUT2D eigenvalue weighted by molar-refractivity contribution is -0.139. The van der Waals surface area contributed by atoms with Gasteiger partial charge in [-0.15, -0.1) is 11.8 Å². The molecule has 104 valence electrons. The lowest BCUT2D eigenvalue weighted by atomic mass is 10.3. The van der Waals surface area contributed by atoms with Gasteiger partial charge in [0.2, 0.25) is 12.3 Å². The molecular weight excluding hydrogens is 256 g/mol. The summed E-state index contributed by atoms with van der Waals surface area (Å²) in [5, 5.41) is 10.7. The third kappa shape index (κ3) is 5.39. The molecule has 7 heteroatoms. The van der Waals surface area contributed by atoms with E-state index in [1.54, 1.807) is 11.8 Å². The van der Waals surface area contributed by atoms with Crippen LogP contribution in [0, 0.1) is 0 Å². The topological polar surface area (TPSA) is 86.7 Å². The number of nitrogens with one attached hydrogen (secondary N) is 1. The van der Waals surface area contributed by atoms with Gasteiger partial charge in [0.25, 0.3) is 0 Å². The van der Waals surface area contributed by atoms with Crippen LogP contribution in [0.2, 0.25) is 0 Å².